The monoisotopic (exact) mass is 270 g/mol. The molecule has 0 aromatic carbocycles. The van der Waals surface area contributed by atoms with Crippen molar-refractivity contribution in [1.29, 1.82) is 0 Å². The summed E-state index contributed by atoms with van der Waals surface area (Å²) in [7, 11) is 1.47. The maximum atomic E-state index is 12.0. The smallest absolute Gasteiger partial charge is 0.325 e. The van der Waals surface area contributed by atoms with Crippen LogP contribution in [-0.2, 0) is 9.53 Å². The lowest BCUT2D eigenvalue weighted by Gasteiger charge is -2.34. The zero-order chi connectivity index (χ0) is 14.3. The molecule has 1 aliphatic rings. The number of rotatable bonds is 7. The van der Waals surface area contributed by atoms with E-state index in [2.05, 4.69) is 24.1 Å². The van der Waals surface area contributed by atoms with Crippen LogP contribution >= 0.6 is 0 Å². The van der Waals surface area contributed by atoms with E-state index in [1.54, 1.807) is 0 Å². The number of nitrogens with one attached hydrogen (secondary N) is 1. The van der Waals surface area contributed by atoms with Crippen LogP contribution in [0, 0.1) is 5.92 Å². The molecule has 1 N–H and O–H groups in total. The molecule has 0 amide bonds. The number of piperidine rings is 1. The van der Waals surface area contributed by atoms with Gasteiger partial charge in [-0.25, -0.2) is 0 Å². The van der Waals surface area contributed by atoms with E-state index in [-0.39, 0.29) is 5.97 Å². The van der Waals surface area contributed by atoms with Gasteiger partial charge in [0.25, 0.3) is 0 Å². The fraction of sp³-hybridized carbons (Fsp3) is 0.933. The van der Waals surface area contributed by atoms with Gasteiger partial charge in [0, 0.05) is 13.1 Å². The highest BCUT2D eigenvalue weighted by atomic mass is 16.5. The Kier molecular flexibility index (Phi) is 6.80. The summed E-state index contributed by atoms with van der Waals surface area (Å²) >= 11 is 0. The van der Waals surface area contributed by atoms with Gasteiger partial charge in [0.05, 0.1) is 7.11 Å². The minimum atomic E-state index is -0.550. The second-order valence-corrected chi connectivity index (χ2v) is 6.05. The van der Waals surface area contributed by atoms with Gasteiger partial charge in [-0.15, -0.1) is 0 Å². The lowest BCUT2D eigenvalue weighted by molar-refractivity contribution is -0.148. The molecule has 0 aromatic rings. The molecule has 4 nitrogen and oxygen atoms in total. The number of nitrogens with zero attached hydrogens (tertiary/aromatic N) is 1. The summed E-state index contributed by atoms with van der Waals surface area (Å²) < 4.78 is 4.95. The highest BCUT2D eigenvalue weighted by molar-refractivity contribution is 5.80. The molecular formula is C15H30N2O2. The quantitative estimate of drug-likeness (QED) is 0.719. The molecule has 112 valence electrons. The summed E-state index contributed by atoms with van der Waals surface area (Å²) in [6, 6.07) is 0. The van der Waals surface area contributed by atoms with E-state index in [0.717, 1.165) is 44.9 Å². The number of ether oxygens (including phenoxy) is 1. The normalized spacial score (nSPS) is 23.9. The van der Waals surface area contributed by atoms with Crippen molar-refractivity contribution in [3.05, 3.63) is 0 Å². The summed E-state index contributed by atoms with van der Waals surface area (Å²) in [5.41, 5.74) is -0.550. The second-order valence-electron chi connectivity index (χ2n) is 6.05. The number of esters is 1. The van der Waals surface area contributed by atoms with Crippen LogP contribution < -0.4 is 5.32 Å². The first-order valence-electron chi connectivity index (χ1n) is 7.57. The van der Waals surface area contributed by atoms with Crippen LogP contribution in [0.15, 0.2) is 0 Å². The SMILES string of the molecule is CCCNC(C)(CCN1CCCC(C)C1)C(=O)OC. The highest BCUT2D eigenvalue weighted by Gasteiger charge is 2.34. The first-order chi connectivity index (χ1) is 9.01. The van der Waals surface area contributed by atoms with Gasteiger partial charge in [0.15, 0.2) is 0 Å². The van der Waals surface area contributed by atoms with E-state index in [9.17, 15) is 4.79 Å². The van der Waals surface area contributed by atoms with Crippen molar-refractivity contribution < 1.29 is 9.53 Å². The Hall–Kier alpha value is -0.610. The van der Waals surface area contributed by atoms with Gasteiger partial charge < -0.3 is 15.0 Å². The summed E-state index contributed by atoms with van der Waals surface area (Å²) in [6.45, 7) is 10.5. The Morgan fingerprint density at radius 2 is 2.26 bits per heavy atom. The van der Waals surface area contributed by atoms with Crippen LogP contribution in [0.25, 0.3) is 0 Å². The van der Waals surface area contributed by atoms with Crippen molar-refractivity contribution in [2.45, 2.75) is 52.0 Å². The average molecular weight is 270 g/mol. The summed E-state index contributed by atoms with van der Waals surface area (Å²) in [4.78, 5) is 14.4. The fourth-order valence-electron chi connectivity index (χ4n) is 2.76. The zero-order valence-electron chi connectivity index (χ0n) is 13.0. The molecule has 0 aromatic heterocycles. The highest BCUT2D eigenvalue weighted by Crippen LogP contribution is 2.18. The molecule has 1 aliphatic heterocycles. The van der Waals surface area contributed by atoms with Crippen molar-refractivity contribution >= 4 is 5.97 Å². The van der Waals surface area contributed by atoms with Gasteiger partial charge in [-0.3, -0.25) is 4.79 Å². The predicted molar refractivity (Wildman–Crippen MR) is 78.2 cm³/mol. The molecule has 0 bridgehead atoms. The molecule has 1 saturated heterocycles. The molecule has 4 heteroatoms. The average Bonchev–Trinajstić information content (AvgIpc) is 2.42. The molecule has 0 aliphatic carbocycles. The van der Waals surface area contributed by atoms with E-state index in [4.69, 9.17) is 4.74 Å². The lowest BCUT2D eigenvalue weighted by atomic mass is 9.95. The third kappa shape index (κ3) is 5.11. The van der Waals surface area contributed by atoms with Crippen molar-refractivity contribution in [2.24, 2.45) is 5.92 Å². The topological polar surface area (TPSA) is 41.6 Å². The van der Waals surface area contributed by atoms with Crippen molar-refractivity contribution in [2.75, 3.05) is 33.3 Å². The molecule has 0 spiro atoms. The van der Waals surface area contributed by atoms with Gasteiger partial charge in [0.1, 0.15) is 5.54 Å². The number of carbonyl (C=O) groups is 1. The van der Waals surface area contributed by atoms with Gasteiger partial charge >= 0.3 is 5.97 Å². The Morgan fingerprint density at radius 1 is 1.53 bits per heavy atom. The molecular weight excluding hydrogens is 240 g/mol. The lowest BCUT2D eigenvalue weighted by Crippen LogP contribution is -2.52. The first kappa shape index (κ1) is 16.4. The number of hydrogen-bond acceptors (Lipinski definition) is 4. The van der Waals surface area contributed by atoms with Gasteiger partial charge in [0.2, 0.25) is 0 Å². The molecule has 1 rings (SSSR count). The van der Waals surface area contributed by atoms with E-state index in [1.165, 1.54) is 20.0 Å². The Labute approximate surface area is 117 Å². The summed E-state index contributed by atoms with van der Waals surface area (Å²) in [5, 5.41) is 3.35. The number of methoxy groups -OCH3 is 1. The third-order valence-electron chi connectivity index (χ3n) is 4.07. The summed E-state index contributed by atoms with van der Waals surface area (Å²) in [5.74, 6) is 0.632. The summed E-state index contributed by atoms with van der Waals surface area (Å²) in [6.07, 6.45) is 4.44. The number of carbonyl (C=O) groups excluding carboxylic acids is 1. The van der Waals surface area contributed by atoms with E-state index >= 15 is 0 Å². The van der Waals surface area contributed by atoms with Crippen molar-refractivity contribution in [3.8, 4) is 0 Å². The van der Waals surface area contributed by atoms with E-state index in [1.807, 2.05) is 6.92 Å². The van der Waals surface area contributed by atoms with Gasteiger partial charge in [-0.05, 0) is 51.6 Å². The number of likely N-dealkylation sites (tertiary alicyclic amines) is 1. The fourth-order valence-corrected chi connectivity index (χ4v) is 2.76. The van der Waals surface area contributed by atoms with Crippen LogP contribution in [-0.4, -0.2) is 49.7 Å². The Balaban J connectivity index is 2.49. The predicted octanol–water partition coefficient (Wildman–Crippen LogP) is 2.04. The standard InChI is InChI=1S/C15H30N2O2/c1-5-9-16-15(3,14(18)19-4)8-11-17-10-6-7-13(2)12-17/h13,16H,5-12H2,1-4H3. The van der Waals surface area contributed by atoms with Crippen LogP contribution in [0.2, 0.25) is 0 Å². The second kappa shape index (κ2) is 7.85. The maximum Gasteiger partial charge on any atom is 0.325 e. The van der Waals surface area contributed by atoms with E-state index in [0.29, 0.717) is 0 Å². The Morgan fingerprint density at radius 3 is 2.84 bits per heavy atom. The molecule has 0 saturated carbocycles. The largest absolute Gasteiger partial charge is 0.468 e. The Bertz CT molecular complexity index is 283. The number of hydrogen-bond donors (Lipinski definition) is 1. The molecule has 19 heavy (non-hydrogen) atoms. The van der Waals surface area contributed by atoms with Crippen molar-refractivity contribution in [1.82, 2.24) is 10.2 Å². The molecule has 1 fully saturated rings. The molecule has 2 unspecified atom stereocenters. The third-order valence-corrected chi connectivity index (χ3v) is 4.07. The molecule has 1 heterocycles. The van der Waals surface area contributed by atoms with Crippen LogP contribution in [0.5, 0.6) is 0 Å². The van der Waals surface area contributed by atoms with E-state index < -0.39 is 5.54 Å². The van der Waals surface area contributed by atoms with Gasteiger partial charge in [-0.1, -0.05) is 13.8 Å². The van der Waals surface area contributed by atoms with Crippen molar-refractivity contribution in [3.63, 3.8) is 0 Å². The molecule has 2 atom stereocenters. The first-order valence-corrected chi connectivity index (χ1v) is 7.57. The van der Waals surface area contributed by atoms with Crippen LogP contribution in [0.4, 0.5) is 0 Å². The minimum Gasteiger partial charge on any atom is -0.468 e. The van der Waals surface area contributed by atoms with Crippen LogP contribution in [0.3, 0.4) is 0 Å². The van der Waals surface area contributed by atoms with Crippen LogP contribution in [0.1, 0.15) is 46.5 Å². The zero-order valence-corrected chi connectivity index (χ0v) is 13.0. The minimum absolute atomic E-state index is 0.147. The molecule has 0 radical (unpaired) electrons. The maximum absolute atomic E-state index is 12.0. The van der Waals surface area contributed by atoms with Gasteiger partial charge in [-0.2, -0.15) is 0 Å².